The summed E-state index contributed by atoms with van der Waals surface area (Å²) >= 11 is 5.26. The van der Waals surface area contributed by atoms with Crippen LogP contribution in [0.3, 0.4) is 0 Å². The second-order valence-corrected chi connectivity index (χ2v) is 9.47. The van der Waals surface area contributed by atoms with E-state index in [1.165, 1.54) is 23.5 Å². The van der Waals surface area contributed by atoms with Crippen LogP contribution in [0.1, 0.15) is 61.8 Å². The Balaban J connectivity index is 2.69. The minimum Gasteiger partial charge on any atom is -0.481 e. The number of hydrogen-bond donors (Lipinski definition) is 3. The van der Waals surface area contributed by atoms with Crippen molar-refractivity contribution >= 4 is 51.2 Å². The molecule has 0 saturated carbocycles. The number of aromatic nitrogens is 1. The minimum atomic E-state index is -1.33. The Bertz CT molecular complexity index is 893. The second-order valence-electron chi connectivity index (χ2n) is 7.97. The molecule has 2 rings (SSSR count). The quantitative estimate of drug-likeness (QED) is 0.505. The zero-order chi connectivity index (χ0) is 21.2. The van der Waals surface area contributed by atoms with Gasteiger partial charge in [-0.15, -0.1) is 24.0 Å². The third-order valence-electron chi connectivity index (χ3n) is 4.67. The number of carboxylic acids is 2. The van der Waals surface area contributed by atoms with Crippen molar-refractivity contribution in [2.24, 2.45) is 17.3 Å². The number of aliphatic carboxylic acids is 1. The van der Waals surface area contributed by atoms with Crippen LogP contribution in [0.15, 0.2) is 18.2 Å². The summed E-state index contributed by atoms with van der Waals surface area (Å²) in [6, 6.07) is 4.54. The molecule has 0 aliphatic heterocycles. The highest BCUT2D eigenvalue weighted by atomic mass is 32.1. The van der Waals surface area contributed by atoms with Crippen molar-refractivity contribution in [3.05, 3.63) is 28.8 Å². The largest absolute Gasteiger partial charge is 0.481 e. The number of thiol groups is 1. The zero-order valence-corrected chi connectivity index (χ0v) is 18.0. The molecule has 1 aromatic heterocycles. The molecule has 8 heteroatoms. The van der Waals surface area contributed by atoms with Crippen LogP contribution in [0.5, 0.6) is 0 Å². The number of rotatable bonds is 9. The van der Waals surface area contributed by atoms with E-state index in [-0.39, 0.29) is 17.4 Å². The number of carboxylic acid groups (broad SMARTS) is 2. The zero-order valence-electron chi connectivity index (χ0n) is 16.3. The lowest BCUT2D eigenvalue weighted by Crippen LogP contribution is -2.42. The molecule has 0 saturated heterocycles. The Morgan fingerprint density at radius 3 is 2.11 bits per heavy atom. The van der Waals surface area contributed by atoms with E-state index in [1.54, 1.807) is 6.07 Å². The Morgan fingerprint density at radius 2 is 1.68 bits per heavy atom. The molecule has 0 fully saturated rings. The summed E-state index contributed by atoms with van der Waals surface area (Å²) in [4.78, 5) is 40.7. The van der Waals surface area contributed by atoms with E-state index in [2.05, 4.69) is 17.6 Å². The number of nitrogens with zero attached hydrogens (tertiary/aromatic N) is 1. The number of benzene rings is 1. The Morgan fingerprint density at radius 1 is 1.11 bits per heavy atom. The van der Waals surface area contributed by atoms with Gasteiger partial charge in [0.15, 0.2) is 5.12 Å². The van der Waals surface area contributed by atoms with Crippen LogP contribution in [-0.4, -0.2) is 32.3 Å². The molecule has 28 heavy (non-hydrogen) atoms. The van der Waals surface area contributed by atoms with Crippen LogP contribution in [0.2, 0.25) is 0 Å². The first-order valence-electron chi connectivity index (χ1n) is 9.08. The van der Waals surface area contributed by atoms with Crippen LogP contribution in [-0.2, 0) is 9.59 Å². The van der Waals surface area contributed by atoms with Gasteiger partial charge >= 0.3 is 11.9 Å². The number of aromatic carboxylic acids is 1. The number of carbonyl (C=O) groups is 3. The average Bonchev–Trinajstić information content (AvgIpc) is 2.94. The van der Waals surface area contributed by atoms with E-state index in [0.29, 0.717) is 28.1 Å². The third-order valence-corrected chi connectivity index (χ3v) is 6.03. The van der Waals surface area contributed by atoms with E-state index < -0.39 is 28.4 Å². The Labute approximate surface area is 173 Å². The van der Waals surface area contributed by atoms with Gasteiger partial charge in [-0.1, -0.05) is 27.7 Å². The molecule has 2 N–H and O–H groups in total. The first-order chi connectivity index (χ1) is 13.0. The summed E-state index contributed by atoms with van der Waals surface area (Å²) in [5.41, 5.74) is -0.801. The SMILES string of the molecule is CC(C)CC(CC(C)C)(C(=O)O)C(C(=O)S)c1nc2cc(C(=O)O)ccc2s1. The standard InChI is InChI=1S/C20H25NO5S2/c1-10(2)8-20(19(25)26,9-11(3)4)15(18(24)27)16-21-13-7-12(17(22)23)5-6-14(13)28-16/h5-7,10-11,15H,8-9H2,1-4H3,(H,22,23)(H,24,27)(H,25,26). The molecule has 0 radical (unpaired) electrons. The van der Waals surface area contributed by atoms with Gasteiger partial charge in [0.05, 0.1) is 27.1 Å². The van der Waals surface area contributed by atoms with E-state index in [9.17, 15) is 24.6 Å². The summed E-state index contributed by atoms with van der Waals surface area (Å²) in [5, 5.41) is 19.2. The maximum Gasteiger partial charge on any atom is 0.335 e. The van der Waals surface area contributed by atoms with Gasteiger partial charge < -0.3 is 10.2 Å². The fourth-order valence-electron chi connectivity index (χ4n) is 3.85. The first-order valence-corrected chi connectivity index (χ1v) is 10.3. The summed E-state index contributed by atoms with van der Waals surface area (Å²) < 4.78 is 0.702. The monoisotopic (exact) mass is 423 g/mol. The molecule has 1 unspecified atom stereocenters. The van der Waals surface area contributed by atoms with Crippen molar-refractivity contribution in [3.63, 3.8) is 0 Å². The van der Waals surface area contributed by atoms with Gasteiger partial charge in [0.1, 0.15) is 5.01 Å². The Kier molecular flexibility index (Phi) is 6.88. The first kappa shape index (κ1) is 22.4. The second kappa shape index (κ2) is 8.61. The Hall–Kier alpha value is -1.93. The van der Waals surface area contributed by atoms with Gasteiger partial charge in [-0.3, -0.25) is 9.59 Å². The molecule has 0 spiro atoms. The van der Waals surface area contributed by atoms with Gasteiger partial charge in [0, 0.05) is 0 Å². The molecule has 0 bridgehead atoms. The van der Waals surface area contributed by atoms with Gasteiger partial charge in [0.25, 0.3) is 0 Å². The van der Waals surface area contributed by atoms with Crippen LogP contribution in [0.4, 0.5) is 0 Å². The molecule has 152 valence electrons. The predicted molar refractivity (Wildman–Crippen MR) is 112 cm³/mol. The van der Waals surface area contributed by atoms with Crippen molar-refractivity contribution < 1.29 is 24.6 Å². The van der Waals surface area contributed by atoms with Gasteiger partial charge in [-0.05, 0) is 42.9 Å². The number of hydrogen-bond acceptors (Lipinski definition) is 5. The fraction of sp³-hybridized carbons (Fsp3) is 0.500. The lowest BCUT2D eigenvalue weighted by Gasteiger charge is -2.37. The summed E-state index contributed by atoms with van der Waals surface area (Å²) in [7, 11) is 0. The van der Waals surface area contributed by atoms with Gasteiger partial charge in [-0.25, -0.2) is 9.78 Å². The molecular formula is C20H25NO5S2. The van der Waals surface area contributed by atoms with Crippen LogP contribution >= 0.6 is 24.0 Å². The highest BCUT2D eigenvalue weighted by Gasteiger charge is 2.51. The van der Waals surface area contributed by atoms with Crippen molar-refractivity contribution in [2.75, 3.05) is 0 Å². The van der Waals surface area contributed by atoms with Gasteiger partial charge in [0.2, 0.25) is 0 Å². The molecule has 0 amide bonds. The summed E-state index contributed by atoms with van der Waals surface area (Å²) in [6.45, 7) is 7.70. The van der Waals surface area contributed by atoms with Crippen LogP contribution in [0.25, 0.3) is 10.2 Å². The maximum absolute atomic E-state index is 12.6. The molecule has 1 aromatic carbocycles. The molecular weight excluding hydrogens is 398 g/mol. The summed E-state index contributed by atoms with van der Waals surface area (Å²) in [6.07, 6.45) is 0.627. The smallest absolute Gasteiger partial charge is 0.335 e. The number of carbonyl (C=O) groups excluding carboxylic acids is 1. The predicted octanol–water partition coefficient (Wildman–Crippen LogP) is 4.70. The van der Waals surface area contributed by atoms with Crippen LogP contribution < -0.4 is 0 Å². The lowest BCUT2D eigenvalue weighted by atomic mass is 9.66. The highest BCUT2D eigenvalue weighted by Crippen LogP contribution is 2.49. The molecule has 0 aliphatic rings. The van der Waals surface area contributed by atoms with E-state index >= 15 is 0 Å². The average molecular weight is 424 g/mol. The van der Waals surface area contributed by atoms with Crippen molar-refractivity contribution in [1.29, 1.82) is 0 Å². The normalized spacial score (nSPS) is 13.2. The molecule has 1 heterocycles. The van der Waals surface area contributed by atoms with E-state index in [1.807, 2.05) is 27.7 Å². The number of fused-ring (bicyclic) bond motifs is 1. The van der Waals surface area contributed by atoms with E-state index in [4.69, 9.17) is 0 Å². The van der Waals surface area contributed by atoms with Crippen LogP contribution in [0, 0.1) is 17.3 Å². The highest BCUT2D eigenvalue weighted by molar-refractivity contribution is 7.96. The minimum absolute atomic E-state index is 0.0537. The fourth-order valence-corrected chi connectivity index (χ4v) is 5.48. The maximum atomic E-state index is 12.6. The van der Waals surface area contributed by atoms with Crippen molar-refractivity contribution in [3.8, 4) is 0 Å². The third kappa shape index (κ3) is 4.55. The number of thiazole rings is 1. The molecule has 6 nitrogen and oxygen atoms in total. The van der Waals surface area contributed by atoms with Crippen molar-refractivity contribution in [2.45, 2.75) is 46.5 Å². The molecule has 0 aliphatic carbocycles. The topological polar surface area (TPSA) is 105 Å². The lowest BCUT2D eigenvalue weighted by molar-refractivity contribution is -0.154. The molecule has 2 aromatic rings. The van der Waals surface area contributed by atoms with Gasteiger partial charge in [-0.2, -0.15) is 0 Å². The van der Waals surface area contributed by atoms with Crippen molar-refractivity contribution in [1.82, 2.24) is 4.98 Å². The molecule has 1 atom stereocenters. The van der Waals surface area contributed by atoms with E-state index in [0.717, 1.165) is 0 Å². The summed E-state index contributed by atoms with van der Waals surface area (Å²) in [5.74, 6) is -3.01.